The summed E-state index contributed by atoms with van der Waals surface area (Å²) < 4.78 is 13.5. The molecule has 5 atom stereocenters. The van der Waals surface area contributed by atoms with Crippen LogP contribution in [0.4, 0.5) is 4.39 Å². The summed E-state index contributed by atoms with van der Waals surface area (Å²) in [5.41, 5.74) is 2.65. The molecule has 1 aromatic carbocycles. The lowest BCUT2D eigenvalue weighted by Gasteiger charge is -2.46. The van der Waals surface area contributed by atoms with Crippen molar-refractivity contribution in [2.24, 2.45) is 23.7 Å². The van der Waals surface area contributed by atoms with Crippen molar-refractivity contribution in [2.75, 3.05) is 0 Å². The minimum Gasteiger partial charge on any atom is -0.352 e. The zero-order valence-electron chi connectivity index (χ0n) is 16.6. The first-order valence-electron chi connectivity index (χ1n) is 10.9. The molecule has 1 N–H and O–H groups in total. The maximum atomic E-state index is 13.5. The Bertz CT molecular complexity index is 923. The Hall–Kier alpha value is -2.49. The average Bonchev–Trinajstić information content (AvgIpc) is 3.11. The number of carbonyl (C=O) groups is 1. The molecule has 5 unspecified atom stereocenters. The smallest absolute Gasteiger partial charge is 0.220 e. The molecular weight excluding hydrogens is 363 g/mol. The maximum Gasteiger partial charge on any atom is 0.220 e. The third kappa shape index (κ3) is 3.73. The largest absolute Gasteiger partial charge is 0.352 e. The summed E-state index contributed by atoms with van der Waals surface area (Å²) in [4.78, 5) is 16.6. The summed E-state index contributed by atoms with van der Waals surface area (Å²) in [5.74, 6) is 2.30. The van der Waals surface area contributed by atoms with Gasteiger partial charge < -0.3 is 5.32 Å². The van der Waals surface area contributed by atoms with Crippen molar-refractivity contribution in [1.29, 1.82) is 0 Å². The molecule has 3 aliphatic rings. The number of benzene rings is 1. The van der Waals surface area contributed by atoms with E-state index >= 15 is 0 Å². The molecule has 1 aromatic heterocycles. The summed E-state index contributed by atoms with van der Waals surface area (Å²) in [7, 11) is 0. The fraction of sp³-hybridized carbons (Fsp3) is 0.440. The molecule has 0 spiro atoms. The lowest BCUT2D eigenvalue weighted by Crippen LogP contribution is -2.47. The van der Waals surface area contributed by atoms with Crippen molar-refractivity contribution in [1.82, 2.24) is 10.3 Å². The lowest BCUT2D eigenvalue weighted by molar-refractivity contribution is -0.119. The predicted molar refractivity (Wildman–Crippen MR) is 112 cm³/mol. The Morgan fingerprint density at radius 1 is 1.07 bits per heavy atom. The molecule has 5 rings (SSSR count). The molecule has 1 saturated heterocycles. The van der Waals surface area contributed by atoms with Crippen LogP contribution in [0.3, 0.4) is 0 Å². The number of halogens is 1. The van der Waals surface area contributed by atoms with E-state index in [1.165, 1.54) is 44.2 Å². The zero-order valence-corrected chi connectivity index (χ0v) is 16.6. The first-order chi connectivity index (χ1) is 14.2. The molecule has 3 fully saturated rings. The van der Waals surface area contributed by atoms with Gasteiger partial charge in [-0.05, 0) is 60.4 Å². The average molecular weight is 391 g/mol. The molecule has 1 amide bonds. The number of fused-ring (bicyclic) bond motifs is 2. The van der Waals surface area contributed by atoms with Gasteiger partial charge in [-0.25, -0.2) is 4.39 Å². The number of nitrogens with one attached hydrogen (secondary N) is 1. The first kappa shape index (κ1) is 18.5. The highest BCUT2D eigenvalue weighted by Gasteiger charge is 2.47. The second-order valence-electron chi connectivity index (χ2n) is 8.92. The van der Waals surface area contributed by atoms with Crippen LogP contribution in [-0.2, 0) is 4.79 Å². The normalized spacial score (nSPS) is 31.3. The number of aromatic nitrogens is 1. The number of rotatable bonds is 3. The summed E-state index contributed by atoms with van der Waals surface area (Å²) in [6.07, 6.45) is 13.3. The highest BCUT2D eigenvalue weighted by molar-refractivity contribution is 5.79. The van der Waals surface area contributed by atoms with Crippen molar-refractivity contribution in [3.05, 3.63) is 60.2 Å². The summed E-state index contributed by atoms with van der Waals surface area (Å²) in [6.45, 7) is 0. The number of hydrogen-bond donors (Lipinski definition) is 1. The van der Waals surface area contributed by atoms with E-state index in [9.17, 15) is 9.18 Å². The predicted octanol–water partition coefficient (Wildman–Crippen LogP) is 5.23. The number of pyridine rings is 1. The van der Waals surface area contributed by atoms with Gasteiger partial charge in [0.15, 0.2) is 0 Å². The number of nitrogens with zero attached hydrogens (tertiary/aromatic N) is 1. The Labute approximate surface area is 171 Å². The van der Waals surface area contributed by atoms with Crippen molar-refractivity contribution in [3.63, 3.8) is 0 Å². The van der Waals surface area contributed by atoms with Crippen molar-refractivity contribution >= 4 is 12.0 Å². The quantitative estimate of drug-likeness (QED) is 0.779. The molecule has 2 heterocycles. The van der Waals surface area contributed by atoms with E-state index in [2.05, 4.69) is 22.5 Å². The minimum atomic E-state index is -0.237. The van der Waals surface area contributed by atoms with E-state index in [1.807, 2.05) is 18.2 Å². The van der Waals surface area contributed by atoms with E-state index in [-0.39, 0.29) is 17.8 Å². The molecule has 1 aliphatic heterocycles. The van der Waals surface area contributed by atoms with Gasteiger partial charge in [0.1, 0.15) is 5.82 Å². The molecule has 29 heavy (non-hydrogen) atoms. The molecule has 2 aliphatic carbocycles. The van der Waals surface area contributed by atoms with Crippen LogP contribution in [0.2, 0.25) is 0 Å². The van der Waals surface area contributed by atoms with Gasteiger partial charge in [-0.1, -0.05) is 43.5 Å². The molecule has 4 heteroatoms. The molecule has 2 aromatic rings. The first-order valence-corrected chi connectivity index (χ1v) is 10.9. The molecule has 2 saturated carbocycles. The third-order valence-electron chi connectivity index (χ3n) is 7.20. The van der Waals surface area contributed by atoms with Gasteiger partial charge >= 0.3 is 0 Å². The zero-order chi connectivity index (χ0) is 19.8. The number of hydrogen-bond acceptors (Lipinski definition) is 2. The Kier molecular flexibility index (Phi) is 4.94. The van der Waals surface area contributed by atoms with Gasteiger partial charge in [0, 0.05) is 30.1 Å². The van der Waals surface area contributed by atoms with E-state index in [1.54, 1.807) is 12.3 Å². The molecular formula is C25H27FN2O. The van der Waals surface area contributed by atoms with Crippen LogP contribution in [0.25, 0.3) is 17.2 Å². The third-order valence-corrected chi connectivity index (χ3v) is 7.20. The highest BCUT2D eigenvalue weighted by atomic mass is 19.1. The summed E-state index contributed by atoms with van der Waals surface area (Å²) in [5, 5.41) is 3.26. The van der Waals surface area contributed by atoms with Gasteiger partial charge in [-0.3, -0.25) is 9.78 Å². The van der Waals surface area contributed by atoms with Crippen LogP contribution in [0, 0.1) is 29.5 Å². The van der Waals surface area contributed by atoms with Crippen molar-refractivity contribution in [2.45, 2.75) is 44.6 Å². The van der Waals surface area contributed by atoms with Crippen molar-refractivity contribution in [3.8, 4) is 11.1 Å². The van der Waals surface area contributed by atoms with Crippen molar-refractivity contribution < 1.29 is 9.18 Å². The monoisotopic (exact) mass is 390 g/mol. The second kappa shape index (κ2) is 7.74. The van der Waals surface area contributed by atoms with Crippen LogP contribution in [-0.4, -0.2) is 16.9 Å². The standard InChI is InChI=1S/C25H27FN2O/c26-20-6-3-5-16(13-20)18-8-9-21(27-15-18)10-11-23-22-7-2-1-4-17(22)12-19-14-24(29)28-25(19)23/h3,5-6,8-11,13,15,17,19,22-23,25H,1-2,4,7,12,14H2,(H,28,29)/b11-10+. The number of amides is 1. The van der Waals surface area contributed by atoms with Gasteiger partial charge in [0.2, 0.25) is 5.91 Å². The Morgan fingerprint density at radius 2 is 1.97 bits per heavy atom. The summed E-state index contributed by atoms with van der Waals surface area (Å²) in [6, 6.07) is 10.9. The Balaban J connectivity index is 1.37. The van der Waals surface area contributed by atoms with Gasteiger partial charge in [0.05, 0.1) is 5.69 Å². The SMILES string of the molecule is O=C1CC2CC3CCCCC3C(/C=C/c3ccc(-c4cccc(F)c4)cn3)C2N1. The van der Waals surface area contributed by atoms with Crippen LogP contribution in [0.15, 0.2) is 48.7 Å². The van der Waals surface area contributed by atoms with Gasteiger partial charge in [0.25, 0.3) is 0 Å². The fourth-order valence-corrected chi connectivity index (χ4v) is 5.87. The summed E-state index contributed by atoms with van der Waals surface area (Å²) >= 11 is 0. The minimum absolute atomic E-state index is 0.217. The molecule has 0 bridgehead atoms. The highest BCUT2D eigenvalue weighted by Crippen LogP contribution is 2.49. The van der Waals surface area contributed by atoms with Gasteiger partial charge in [-0.15, -0.1) is 0 Å². The second-order valence-corrected chi connectivity index (χ2v) is 8.92. The van der Waals surface area contributed by atoms with Gasteiger partial charge in [-0.2, -0.15) is 0 Å². The Morgan fingerprint density at radius 3 is 2.79 bits per heavy atom. The topological polar surface area (TPSA) is 42.0 Å². The van der Waals surface area contributed by atoms with Crippen LogP contribution < -0.4 is 5.32 Å². The van der Waals surface area contributed by atoms with E-state index in [0.29, 0.717) is 24.2 Å². The molecule has 3 nitrogen and oxygen atoms in total. The fourth-order valence-electron chi connectivity index (χ4n) is 5.87. The molecule has 150 valence electrons. The molecule has 0 radical (unpaired) electrons. The van der Waals surface area contributed by atoms with Crippen LogP contribution in [0.1, 0.15) is 44.2 Å². The van der Waals surface area contributed by atoms with E-state index in [0.717, 1.165) is 22.7 Å². The maximum absolute atomic E-state index is 13.5. The lowest BCUT2D eigenvalue weighted by atomic mass is 9.60. The van der Waals surface area contributed by atoms with Crippen LogP contribution >= 0.6 is 0 Å². The van der Waals surface area contributed by atoms with Crippen LogP contribution in [0.5, 0.6) is 0 Å². The van der Waals surface area contributed by atoms with E-state index < -0.39 is 0 Å². The number of carbonyl (C=O) groups excluding carboxylic acids is 1. The van der Waals surface area contributed by atoms with E-state index in [4.69, 9.17) is 0 Å².